The van der Waals surface area contributed by atoms with E-state index in [1.165, 1.54) is 32.1 Å². The average molecular weight is 700 g/mol. The van der Waals surface area contributed by atoms with Gasteiger partial charge in [0.05, 0.1) is 18.3 Å². The molecule has 4 aliphatic carbocycles. The lowest BCUT2D eigenvalue weighted by molar-refractivity contribution is -0.227. The number of nitrogens with one attached hydrogen (secondary N) is 3. The molecule has 9 nitrogen and oxygen atoms in total. The quantitative estimate of drug-likeness (QED) is 0.0765. The van der Waals surface area contributed by atoms with Crippen LogP contribution in [0.3, 0.4) is 0 Å². The summed E-state index contributed by atoms with van der Waals surface area (Å²) in [6.45, 7) is 18.1. The number of hydrogen-bond acceptors (Lipinski definition) is 8. The van der Waals surface area contributed by atoms with Gasteiger partial charge in [0.1, 0.15) is 5.88 Å². The van der Waals surface area contributed by atoms with Gasteiger partial charge in [-0.1, -0.05) is 41.0 Å². The fourth-order valence-electron chi connectivity index (χ4n) is 11.1. The van der Waals surface area contributed by atoms with E-state index < -0.39 is 16.0 Å². The third-order valence-electron chi connectivity index (χ3n) is 13.6. The molecule has 10 heteroatoms. The molecule has 0 saturated heterocycles. The Labute approximate surface area is 294 Å². The normalized spacial score (nSPS) is 37.1. The topological polar surface area (TPSA) is 118 Å². The largest absolute Gasteiger partial charge is 0.378 e. The Bertz CT molecular complexity index is 1050. The molecule has 282 valence electrons. The summed E-state index contributed by atoms with van der Waals surface area (Å²) >= 11 is 0. The molecule has 48 heavy (non-hydrogen) atoms. The van der Waals surface area contributed by atoms with E-state index in [1.54, 1.807) is 0 Å². The highest BCUT2D eigenvalue weighted by Crippen LogP contribution is 2.69. The van der Waals surface area contributed by atoms with E-state index in [0.29, 0.717) is 60.9 Å². The molecule has 4 rings (SSSR count). The van der Waals surface area contributed by atoms with E-state index in [1.807, 2.05) is 7.05 Å². The van der Waals surface area contributed by atoms with Gasteiger partial charge in [-0.05, 0) is 151 Å². The minimum absolute atomic E-state index is 0.0871. The molecule has 0 bridgehead atoms. The number of rotatable bonds is 22. The van der Waals surface area contributed by atoms with Gasteiger partial charge in [0.2, 0.25) is 0 Å². The zero-order chi connectivity index (χ0) is 34.8. The van der Waals surface area contributed by atoms with Crippen molar-refractivity contribution in [3.05, 3.63) is 0 Å². The zero-order valence-electron chi connectivity index (χ0n) is 31.4. The Kier molecular flexibility index (Phi) is 16.0. The second-order valence-electron chi connectivity index (χ2n) is 16.4. The first-order valence-electron chi connectivity index (χ1n) is 19.8. The second kappa shape index (κ2) is 19.0. The summed E-state index contributed by atoms with van der Waals surface area (Å²) in [6.07, 6.45) is 15.6. The molecule has 0 amide bonds. The molecule has 0 aromatic heterocycles. The van der Waals surface area contributed by atoms with Gasteiger partial charge >= 0.3 is 0 Å². The van der Waals surface area contributed by atoms with Crippen LogP contribution < -0.4 is 16.0 Å². The lowest BCUT2D eigenvalue weighted by atomic mass is 9.43. The first-order valence-corrected chi connectivity index (χ1v) is 21.5. The van der Waals surface area contributed by atoms with Crippen molar-refractivity contribution in [2.45, 2.75) is 136 Å². The zero-order valence-corrected chi connectivity index (χ0v) is 32.3. The van der Waals surface area contributed by atoms with Gasteiger partial charge in [0.25, 0.3) is 10.1 Å². The van der Waals surface area contributed by atoms with Gasteiger partial charge in [-0.15, -0.1) is 0 Å². The Morgan fingerprint density at radius 2 is 1.58 bits per heavy atom. The van der Waals surface area contributed by atoms with Gasteiger partial charge < -0.3 is 30.2 Å². The molecule has 0 spiro atoms. The summed E-state index contributed by atoms with van der Waals surface area (Å²) in [5, 5.41) is 9.65. The fourth-order valence-corrected chi connectivity index (χ4v) is 11.5. The maximum atomic E-state index is 11.2. The number of ether oxygens (including phenoxy) is 3. The van der Waals surface area contributed by atoms with Crippen LogP contribution in [-0.2, 0) is 24.3 Å². The van der Waals surface area contributed by atoms with Crippen LogP contribution in [0.1, 0.15) is 118 Å². The Balaban J connectivity index is 1.57. The highest BCUT2D eigenvalue weighted by Gasteiger charge is 2.66. The SMILES string of the molecule is CCCCO[C@@H]1C[C@@H]2C[C@H](OCCCNC)CC[C@]2(C)C2C[C@H](OCCCNCS(=O)(=O)O)[C@]3(C)[C@@H]([C@H](C)CCCNCC)CC[C@H]3C21. The minimum Gasteiger partial charge on any atom is -0.378 e. The Hall–Kier alpha value is -0.330. The van der Waals surface area contributed by atoms with Gasteiger partial charge in [-0.25, -0.2) is 0 Å². The first-order chi connectivity index (χ1) is 23.0. The monoisotopic (exact) mass is 700 g/mol. The molecule has 0 aliphatic heterocycles. The number of unbranched alkanes of at least 4 members (excludes halogenated alkanes) is 1. The van der Waals surface area contributed by atoms with E-state index in [4.69, 9.17) is 18.8 Å². The van der Waals surface area contributed by atoms with Crippen molar-refractivity contribution in [3.63, 3.8) is 0 Å². The maximum absolute atomic E-state index is 11.2. The third kappa shape index (κ3) is 9.96. The molecule has 4 N–H and O–H groups in total. The summed E-state index contributed by atoms with van der Waals surface area (Å²) in [5.41, 5.74) is 0.347. The van der Waals surface area contributed by atoms with Gasteiger partial charge in [0, 0.05) is 25.2 Å². The van der Waals surface area contributed by atoms with Crippen LogP contribution in [0.2, 0.25) is 0 Å². The number of hydrogen-bond donors (Lipinski definition) is 4. The lowest BCUT2D eigenvalue weighted by Gasteiger charge is -2.65. The fraction of sp³-hybridized carbons (Fsp3) is 1.00. The lowest BCUT2D eigenvalue weighted by Crippen LogP contribution is -2.63. The van der Waals surface area contributed by atoms with Gasteiger partial charge in [-0.3, -0.25) is 4.55 Å². The van der Waals surface area contributed by atoms with Crippen LogP contribution in [0.5, 0.6) is 0 Å². The van der Waals surface area contributed by atoms with Crippen molar-refractivity contribution < 1.29 is 27.2 Å². The van der Waals surface area contributed by atoms with Crippen molar-refractivity contribution in [2.75, 3.05) is 58.9 Å². The molecular formula is C38H73N3O6S. The molecule has 0 heterocycles. The van der Waals surface area contributed by atoms with Crippen LogP contribution in [0, 0.1) is 46.3 Å². The van der Waals surface area contributed by atoms with E-state index in [2.05, 4.69) is 50.6 Å². The molecule has 0 aromatic carbocycles. The van der Waals surface area contributed by atoms with E-state index >= 15 is 0 Å². The maximum Gasteiger partial charge on any atom is 0.278 e. The highest BCUT2D eigenvalue weighted by molar-refractivity contribution is 7.85. The van der Waals surface area contributed by atoms with Crippen molar-refractivity contribution in [3.8, 4) is 0 Å². The van der Waals surface area contributed by atoms with Crippen molar-refractivity contribution in [1.29, 1.82) is 0 Å². The number of fused-ring (bicyclic) bond motifs is 5. The van der Waals surface area contributed by atoms with Crippen LogP contribution in [0.4, 0.5) is 0 Å². The Morgan fingerprint density at radius 3 is 2.31 bits per heavy atom. The minimum atomic E-state index is -4.02. The van der Waals surface area contributed by atoms with Crippen LogP contribution in [0.25, 0.3) is 0 Å². The van der Waals surface area contributed by atoms with Crippen molar-refractivity contribution in [2.24, 2.45) is 46.3 Å². The average Bonchev–Trinajstić information content (AvgIpc) is 3.41. The Morgan fingerprint density at radius 1 is 0.854 bits per heavy atom. The summed E-state index contributed by atoms with van der Waals surface area (Å²) in [5.74, 6) is 3.17. The molecule has 2 unspecified atom stereocenters. The van der Waals surface area contributed by atoms with Crippen LogP contribution in [-0.4, -0.2) is 90.2 Å². The van der Waals surface area contributed by atoms with E-state index in [0.717, 1.165) is 84.2 Å². The van der Waals surface area contributed by atoms with Crippen LogP contribution >= 0.6 is 0 Å². The summed E-state index contributed by atoms with van der Waals surface area (Å²) in [6, 6.07) is 0. The summed E-state index contributed by atoms with van der Waals surface area (Å²) < 4.78 is 52.1. The smallest absolute Gasteiger partial charge is 0.278 e. The molecule has 4 saturated carbocycles. The summed E-state index contributed by atoms with van der Waals surface area (Å²) in [4.78, 5) is 0. The standard InChI is InChI=1S/C38H73N3O6S/c1-7-9-21-46-34-25-29-24-30(45-22-11-18-39-6)16-17-37(29,4)33-26-35(47-23-12-20-41-27-48(42,43)44)38(5)31(14-15-32(38)36(33)34)28(3)13-10-19-40-8-2/h28-36,39-41H,7-27H2,1-6H3,(H,42,43,44)/t28-,29+,30-,31-,32+,33?,34-,35+,36?,37+,38-/m1/s1. The molecule has 4 fully saturated rings. The molecule has 0 radical (unpaired) electrons. The van der Waals surface area contributed by atoms with E-state index in [-0.39, 0.29) is 16.9 Å². The first kappa shape index (κ1) is 40.4. The molecule has 4 aliphatic rings. The van der Waals surface area contributed by atoms with Crippen molar-refractivity contribution >= 4 is 10.1 Å². The highest BCUT2D eigenvalue weighted by atomic mass is 32.2. The second-order valence-corrected chi connectivity index (χ2v) is 17.9. The van der Waals surface area contributed by atoms with E-state index in [9.17, 15) is 8.42 Å². The van der Waals surface area contributed by atoms with Crippen molar-refractivity contribution in [1.82, 2.24) is 16.0 Å². The van der Waals surface area contributed by atoms with Gasteiger partial charge in [-0.2, -0.15) is 8.42 Å². The molecule has 0 aromatic rings. The predicted octanol–water partition coefficient (Wildman–Crippen LogP) is 6.28. The third-order valence-corrected chi connectivity index (χ3v) is 14.1. The molecular weight excluding hydrogens is 626 g/mol. The predicted molar refractivity (Wildman–Crippen MR) is 195 cm³/mol. The van der Waals surface area contributed by atoms with Crippen LogP contribution in [0.15, 0.2) is 0 Å². The molecule has 11 atom stereocenters. The van der Waals surface area contributed by atoms with Gasteiger partial charge in [0.15, 0.2) is 0 Å². The summed E-state index contributed by atoms with van der Waals surface area (Å²) in [7, 11) is -2.01.